The number of aryl methyl sites for hydroxylation is 1. The van der Waals surface area contributed by atoms with E-state index in [0.29, 0.717) is 24.2 Å². The number of carboxylic acid groups (broad SMARTS) is 1. The number of rotatable bonds is 6. The molecule has 1 aromatic heterocycles. The number of carboxylic acids is 1. The Hall–Kier alpha value is -2.16. The van der Waals surface area contributed by atoms with Gasteiger partial charge in [-0.3, -0.25) is 4.79 Å². The maximum atomic E-state index is 10.8. The zero-order valence-corrected chi connectivity index (χ0v) is 12.3. The minimum atomic E-state index is -0.908. The SMILES string of the molecule is CCc1nnc(NC(C)(C)CC(=O)O)c(C#N)c1CC. The lowest BCUT2D eigenvalue weighted by Gasteiger charge is -2.25. The van der Waals surface area contributed by atoms with Crippen LogP contribution in [0.1, 0.15) is 50.9 Å². The van der Waals surface area contributed by atoms with E-state index < -0.39 is 11.5 Å². The molecule has 1 aromatic rings. The van der Waals surface area contributed by atoms with Gasteiger partial charge in [0.05, 0.1) is 12.1 Å². The first-order chi connectivity index (χ1) is 9.34. The summed E-state index contributed by atoms with van der Waals surface area (Å²) < 4.78 is 0. The molecule has 0 unspecified atom stereocenters. The van der Waals surface area contributed by atoms with Gasteiger partial charge < -0.3 is 10.4 Å². The number of nitriles is 1. The summed E-state index contributed by atoms with van der Waals surface area (Å²) in [4.78, 5) is 10.8. The maximum absolute atomic E-state index is 10.8. The Morgan fingerprint density at radius 1 is 1.35 bits per heavy atom. The van der Waals surface area contributed by atoms with Gasteiger partial charge in [0, 0.05) is 5.54 Å². The quantitative estimate of drug-likeness (QED) is 0.825. The number of hydrogen-bond donors (Lipinski definition) is 2. The Morgan fingerprint density at radius 2 is 2.00 bits per heavy atom. The van der Waals surface area contributed by atoms with Crippen LogP contribution in [0.25, 0.3) is 0 Å². The van der Waals surface area contributed by atoms with E-state index in [1.807, 2.05) is 13.8 Å². The van der Waals surface area contributed by atoms with Crippen LogP contribution in [0, 0.1) is 11.3 Å². The van der Waals surface area contributed by atoms with Crippen LogP contribution in [0.3, 0.4) is 0 Å². The maximum Gasteiger partial charge on any atom is 0.305 e. The van der Waals surface area contributed by atoms with Crippen molar-refractivity contribution < 1.29 is 9.90 Å². The van der Waals surface area contributed by atoms with Gasteiger partial charge in [0.15, 0.2) is 5.82 Å². The smallest absolute Gasteiger partial charge is 0.305 e. The lowest BCUT2D eigenvalue weighted by atomic mass is 9.99. The third kappa shape index (κ3) is 3.67. The highest BCUT2D eigenvalue weighted by Gasteiger charge is 2.25. The van der Waals surface area contributed by atoms with Gasteiger partial charge in [0.25, 0.3) is 0 Å². The highest BCUT2D eigenvalue weighted by atomic mass is 16.4. The fraction of sp³-hybridized carbons (Fsp3) is 0.571. The summed E-state index contributed by atoms with van der Waals surface area (Å²) in [6.45, 7) is 7.43. The number of anilines is 1. The molecule has 0 amide bonds. The molecule has 0 aliphatic heterocycles. The third-order valence-electron chi connectivity index (χ3n) is 3.01. The molecule has 0 aromatic carbocycles. The Morgan fingerprint density at radius 3 is 2.45 bits per heavy atom. The van der Waals surface area contributed by atoms with Crippen LogP contribution < -0.4 is 5.32 Å². The van der Waals surface area contributed by atoms with Crippen molar-refractivity contribution in [1.82, 2.24) is 10.2 Å². The molecule has 1 heterocycles. The summed E-state index contributed by atoms with van der Waals surface area (Å²) in [5.41, 5.74) is 1.44. The first-order valence-electron chi connectivity index (χ1n) is 6.63. The lowest BCUT2D eigenvalue weighted by Crippen LogP contribution is -2.34. The molecule has 0 radical (unpaired) electrons. The van der Waals surface area contributed by atoms with E-state index in [-0.39, 0.29) is 6.42 Å². The number of hydrogen-bond acceptors (Lipinski definition) is 5. The molecule has 0 spiro atoms. The van der Waals surface area contributed by atoms with Crippen molar-refractivity contribution in [3.8, 4) is 6.07 Å². The van der Waals surface area contributed by atoms with E-state index >= 15 is 0 Å². The van der Waals surface area contributed by atoms with Crippen molar-refractivity contribution in [2.75, 3.05) is 5.32 Å². The summed E-state index contributed by atoms with van der Waals surface area (Å²) in [6.07, 6.45) is 1.33. The average Bonchev–Trinajstić information content (AvgIpc) is 2.35. The first kappa shape index (κ1) is 15.9. The molecular weight excluding hydrogens is 256 g/mol. The number of aliphatic carboxylic acids is 1. The Labute approximate surface area is 118 Å². The van der Waals surface area contributed by atoms with Crippen LogP contribution in [0.2, 0.25) is 0 Å². The van der Waals surface area contributed by atoms with Crippen LogP contribution in [0.5, 0.6) is 0 Å². The fourth-order valence-electron chi connectivity index (χ4n) is 2.12. The molecular formula is C14H20N4O2. The molecule has 0 atom stereocenters. The summed E-state index contributed by atoms with van der Waals surface area (Å²) in [5.74, 6) is -0.553. The van der Waals surface area contributed by atoms with Gasteiger partial charge in [0.1, 0.15) is 11.6 Å². The van der Waals surface area contributed by atoms with Crippen LogP contribution in [0.4, 0.5) is 5.82 Å². The summed E-state index contributed by atoms with van der Waals surface area (Å²) >= 11 is 0. The van der Waals surface area contributed by atoms with Crippen LogP contribution in [-0.2, 0) is 17.6 Å². The number of nitrogens with one attached hydrogen (secondary N) is 1. The van der Waals surface area contributed by atoms with E-state index in [2.05, 4.69) is 21.6 Å². The van der Waals surface area contributed by atoms with Gasteiger partial charge in [-0.15, -0.1) is 5.10 Å². The Kier molecular flexibility index (Phi) is 5.03. The van der Waals surface area contributed by atoms with Crippen molar-refractivity contribution in [3.05, 3.63) is 16.8 Å². The van der Waals surface area contributed by atoms with Gasteiger partial charge in [-0.05, 0) is 32.3 Å². The van der Waals surface area contributed by atoms with E-state index in [1.165, 1.54) is 0 Å². The molecule has 0 aliphatic carbocycles. The van der Waals surface area contributed by atoms with Crippen molar-refractivity contribution in [3.63, 3.8) is 0 Å². The zero-order valence-electron chi connectivity index (χ0n) is 12.3. The van der Waals surface area contributed by atoms with Crippen LogP contribution in [-0.4, -0.2) is 26.8 Å². The predicted molar refractivity (Wildman–Crippen MR) is 75.5 cm³/mol. The minimum absolute atomic E-state index is 0.0729. The van der Waals surface area contributed by atoms with Crippen molar-refractivity contribution in [2.24, 2.45) is 0 Å². The van der Waals surface area contributed by atoms with E-state index in [9.17, 15) is 10.1 Å². The molecule has 6 nitrogen and oxygen atoms in total. The molecule has 0 aliphatic rings. The standard InChI is InChI=1S/C14H20N4O2/c1-5-9-10(8-15)13(18-17-11(9)6-2)16-14(3,4)7-12(19)20/h5-7H2,1-4H3,(H,16,18)(H,19,20). The number of carbonyl (C=O) groups is 1. The molecule has 108 valence electrons. The summed E-state index contributed by atoms with van der Waals surface area (Å²) in [6, 6.07) is 2.15. The highest BCUT2D eigenvalue weighted by molar-refractivity contribution is 5.69. The van der Waals surface area contributed by atoms with Gasteiger partial charge in [-0.1, -0.05) is 13.8 Å². The zero-order chi connectivity index (χ0) is 15.3. The van der Waals surface area contributed by atoms with Crippen molar-refractivity contribution in [1.29, 1.82) is 5.26 Å². The molecule has 0 bridgehead atoms. The molecule has 6 heteroatoms. The summed E-state index contributed by atoms with van der Waals surface area (Å²) in [5, 5.41) is 29.4. The third-order valence-corrected chi connectivity index (χ3v) is 3.01. The monoisotopic (exact) mass is 276 g/mol. The molecule has 0 fully saturated rings. The fourth-order valence-corrected chi connectivity index (χ4v) is 2.12. The normalized spacial score (nSPS) is 10.9. The second kappa shape index (κ2) is 6.33. The average molecular weight is 276 g/mol. The van der Waals surface area contributed by atoms with Gasteiger partial charge in [0.2, 0.25) is 0 Å². The van der Waals surface area contributed by atoms with E-state index in [1.54, 1.807) is 13.8 Å². The van der Waals surface area contributed by atoms with Crippen molar-refractivity contribution in [2.45, 2.75) is 52.5 Å². The predicted octanol–water partition coefficient (Wildman–Crippen LogP) is 2.14. The highest BCUT2D eigenvalue weighted by Crippen LogP contribution is 2.24. The Bertz CT molecular complexity index is 547. The van der Waals surface area contributed by atoms with Gasteiger partial charge >= 0.3 is 5.97 Å². The number of nitrogens with zero attached hydrogens (tertiary/aromatic N) is 3. The lowest BCUT2D eigenvalue weighted by molar-refractivity contribution is -0.137. The van der Waals surface area contributed by atoms with Crippen LogP contribution >= 0.6 is 0 Å². The first-order valence-corrected chi connectivity index (χ1v) is 6.63. The van der Waals surface area contributed by atoms with Crippen molar-refractivity contribution >= 4 is 11.8 Å². The molecule has 20 heavy (non-hydrogen) atoms. The Balaban J connectivity index is 3.20. The molecule has 0 saturated heterocycles. The van der Waals surface area contributed by atoms with E-state index in [4.69, 9.17) is 5.11 Å². The number of aromatic nitrogens is 2. The van der Waals surface area contributed by atoms with Gasteiger partial charge in [-0.25, -0.2) is 0 Å². The second-order valence-corrected chi connectivity index (χ2v) is 5.25. The van der Waals surface area contributed by atoms with E-state index in [0.717, 1.165) is 11.3 Å². The second-order valence-electron chi connectivity index (χ2n) is 5.25. The molecule has 1 rings (SSSR count). The molecule has 0 saturated carbocycles. The summed E-state index contributed by atoms with van der Waals surface area (Å²) in [7, 11) is 0. The van der Waals surface area contributed by atoms with Crippen LogP contribution in [0.15, 0.2) is 0 Å². The topological polar surface area (TPSA) is 98.9 Å². The van der Waals surface area contributed by atoms with Gasteiger partial charge in [-0.2, -0.15) is 10.4 Å². The largest absolute Gasteiger partial charge is 0.481 e. The minimum Gasteiger partial charge on any atom is -0.481 e. The molecule has 2 N–H and O–H groups in total.